The Kier molecular flexibility index (Phi) is 5.19. The van der Waals surface area contributed by atoms with Gasteiger partial charge in [0.15, 0.2) is 0 Å². The highest BCUT2D eigenvalue weighted by molar-refractivity contribution is 5.49. The zero-order chi connectivity index (χ0) is 17.6. The first-order chi connectivity index (χ1) is 12.2. The number of hydrogen-bond donors (Lipinski definition) is 1. The number of nitrogen functional groups attached to an aromatic ring is 1. The second kappa shape index (κ2) is 7.71. The number of methoxy groups -OCH3 is 2. The summed E-state index contributed by atoms with van der Waals surface area (Å²) in [5.74, 6) is 2.29. The molecule has 0 aliphatic rings. The van der Waals surface area contributed by atoms with Gasteiger partial charge < -0.3 is 15.2 Å². The van der Waals surface area contributed by atoms with Crippen molar-refractivity contribution in [1.82, 2.24) is 4.98 Å². The molecule has 2 aromatic carbocycles. The summed E-state index contributed by atoms with van der Waals surface area (Å²) in [6, 6.07) is 18.2. The van der Waals surface area contributed by atoms with Crippen LogP contribution in [0.2, 0.25) is 0 Å². The highest BCUT2D eigenvalue weighted by Crippen LogP contribution is 2.23. The van der Waals surface area contributed by atoms with Crippen LogP contribution in [0, 0.1) is 0 Å². The van der Waals surface area contributed by atoms with Crippen LogP contribution in [-0.4, -0.2) is 19.2 Å². The summed E-state index contributed by atoms with van der Waals surface area (Å²) in [4.78, 5) is 4.27. The van der Waals surface area contributed by atoms with E-state index in [1.54, 1.807) is 20.4 Å². The Morgan fingerprint density at radius 2 is 1.28 bits per heavy atom. The number of hydrogen-bond acceptors (Lipinski definition) is 4. The van der Waals surface area contributed by atoms with Gasteiger partial charge in [0.05, 0.1) is 14.2 Å². The number of pyridine rings is 1. The summed E-state index contributed by atoms with van der Waals surface area (Å²) in [5, 5.41) is 0. The van der Waals surface area contributed by atoms with Crippen molar-refractivity contribution in [2.75, 3.05) is 20.0 Å². The molecule has 0 saturated heterocycles. The largest absolute Gasteiger partial charge is 0.497 e. The monoisotopic (exact) mass is 334 g/mol. The molecule has 0 fully saturated rings. The highest BCUT2D eigenvalue weighted by atomic mass is 16.5. The Bertz CT molecular complexity index is 828. The molecule has 4 heteroatoms. The van der Waals surface area contributed by atoms with E-state index in [1.807, 2.05) is 30.3 Å². The third-order valence-electron chi connectivity index (χ3n) is 4.28. The van der Waals surface area contributed by atoms with E-state index in [0.717, 1.165) is 29.9 Å². The van der Waals surface area contributed by atoms with Gasteiger partial charge >= 0.3 is 0 Å². The van der Waals surface area contributed by atoms with E-state index in [9.17, 15) is 0 Å². The van der Waals surface area contributed by atoms with Gasteiger partial charge in [-0.05, 0) is 53.4 Å². The maximum absolute atomic E-state index is 6.17. The van der Waals surface area contributed by atoms with E-state index in [2.05, 4.69) is 29.2 Å². The lowest BCUT2D eigenvalue weighted by Crippen LogP contribution is -2.04. The molecule has 1 heterocycles. The van der Waals surface area contributed by atoms with Crippen molar-refractivity contribution in [1.29, 1.82) is 0 Å². The average molecular weight is 334 g/mol. The Morgan fingerprint density at radius 3 is 1.80 bits per heavy atom. The van der Waals surface area contributed by atoms with E-state index >= 15 is 0 Å². The van der Waals surface area contributed by atoms with Crippen molar-refractivity contribution in [2.45, 2.75) is 12.8 Å². The molecule has 128 valence electrons. The second-order valence-electron chi connectivity index (χ2n) is 5.88. The van der Waals surface area contributed by atoms with Crippen molar-refractivity contribution in [2.24, 2.45) is 0 Å². The second-order valence-corrected chi connectivity index (χ2v) is 5.88. The molecule has 25 heavy (non-hydrogen) atoms. The molecule has 0 aliphatic carbocycles. The van der Waals surface area contributed by atoms with E-state index in [-0.39, 0.29) is 0 Å². The molecule has 0 amide bonds. The van der Waals surface area contributed by atoms with Crippen LogP contribution in [0.5, 0.6) is 11.5 Å². The summed E-state index contributed by atoms with van der Waals surface area (Å²) in [7, 11) is 3.34. The maximum atomic E-state index is 6.17. The summed E-state index contributed by atoms with van der Waals surface area (Å²) in [6.45, 7) is 0. The summed E-state index contributed by atoms with van der Waals surface area (Å²) in [5.41, 5.74) is 10.8. The number of benzene rings is 2. The SMILES string of the molecule is COc1ccc(Cc2ccnc(N)c2Cc2ccc(OC)cc2)cc1. The van der Waals surface area contributed by atoms with E-state index < -0.39 is 0 Å². The first-order valence-electron chi connectivity index (χ1n) is 8.17. The zero-order valence-corrected chi connectivity index (χ0v) is 14.5. The van der Waals surface area contributed by atoms with Gasteiger partial charge in [0.2, 0.25) is 0 Å². The van der Waals surface area contributed by atoms with Crippen LogP contribution in [0.1, 0.15) is 22.3 Å². The van der Waals surface area contributed by atoms with Crippen LogP contribution in [0.15, 0.2) is 60.8 Å². The predicted molar refractivity (Wildman–Crippen MR) is 100 cm³/mol. The van der Waals surface area contributed by atoms with Crippen molar-refractivity contribution >= 4 is 5.82 Å². The average Bonchev–Trinajstić information content (AvgIpc) is 2.66. The molecular weight excluding hydrogens is 312 g/mol. The Labute approximate surface area is 148 Å². The first-order valence-corrected chi connectivity index (χ1v) is 8.17. The lowest BCUT2D eigenvalue weighted by molar-refractivity contribution is 0.414. The molecule has 0 aliphatic heterocycles. The molecule has 0 spiro atoms. The van der Waals surface area contributed by atoms with Crippen LogP contribution in [0.4, 0.5) is 5.82 Å². The first kappa shape index (κ1) is 16.8. The lowest BCUT2D eigenvalue weighted by Gasteiger charge is -2.13. The van der Waals surface area contributed by atoms with Gasteiger partial charge in [-0.2, -0.15) is 0 Å². The number of nitrogens with zero attached hydrogens (tertiary/aromatic N) is 1. The number of nitrogens with two attached hydrogens (primary N) is 1. The summed E-state index contributed by atoms with van der Waals surface area (Å²) in [6.07, 6.45) is 3.32. The van der Waals surface area contributed by atoms with Crippen molar-refractivity contribution in [3.63, 3.8) is 0 Å². The van der Waals surface area contributed by atoms with Crippen molar-refractivity contribution in [3.05, 3.63) is 83.0 Å². The van der Waals surface area contributed by atoms with Gasteiger partial charge in [0, 0.05) is 18.2 Å². The number of rotatable bonds is 6. The fourth-order valence-corrected chi connectivity index (χ4v) is 2.83. The fourth-order valence-electron chi connectivity index (χ4n) is 2.83. The smallest absolute Gasteiger partial charge is 0.127 e. The van der Waals surface area contributed by atoms with E-state index in [4.69, 9.17) is 15.2 Å². The van der Waals surface area contributed by atoms with E-state index in [0.29, 0.717) is 5.82 Å². The molecular formula is C21H22N2O2. The van der Waals surface area contributed by atoms with Crippen LogP contribution in [-0.2, 0) is 12.8 Å². The van der Waals surface area contributed by atoms with Crippen molar-refractivity contribution in [3.8, 4) is 11.5 Å². The van der Waals surface area contributed by atoms with E-state index in [1.165, 1.54) is 16.7 Å². The molecule has 0 atom stereocenters. The van der Waals surface area contributed by atoms with Gasteiger partial charge in [0.1, 0.15) is 17.3 Å². The molecule has 3 aromatic rings. The molecule has 0 radical (unpaired) electrons. The molecule has 4 nitrogen and oxygen atoms in total. The molecule has 0 unspecified atom stereocenters. The van der Waals surface area contributed by atoms with Crippen molar-refractivity contribution < 1.29 is 9.47 Å². The minimum atomic E-state index is 0.585. The standard InChI is InChI=1S/C21H22N2O2/c1-24-18-7-3-15(4-8-18)13-17-11-12-23-21(22)20(17)14-16-5-9-19(25-2)10-6-16/h3-12H,13-14H2,1-2H3,(H2,22,23). The molecule has 0 bridgehead atoms. The van der Waals surface area contributed by atoms with Gasteiger partial charge in [-0.25, -0.2) is 4.98 Å². The van der Waals surface area contributed by atoms with Crippen LogP contribution in [0.3, 0.4) is 0 Å². The third-order valence-corrected chi connectivity index (χ3v) is 4.28. The molecule has 3 rings (SSSR count). The summed E-state index contributed by atoms with van der Waals surface area (Å²) >= 11 is 0. The minimum Gasteiger partial charge on any atom is -0.497 e. The topological polar surface area (TPSA) is 57.4 Å². The lowest BCUT2D eigenvalue weighted by atomic mass is 9.96. The van der Waals surface area contributed by atoms with Gasteiger partial charge in [-0.15, -0.1) is 0 Å². The fraction of sp³-hybridized carbons (Fsp3) is 0.190. The van der Waals surface area contributed by atoms with Gasteiger partial charge in [0.25, 0.3) is 0 Å². The molecule has 0 saturated carbocycles. The predicted octanol–water partition coefficient (Wildman–Crippen LogP) is 3.86. The number of aromatic nitrogens is 1. The quantitative estimate of drug-likeness (QED) is 0.743. The minimum absolute atomic E-state index is 0.585. The maximum Gasteiger partial charge on any atom is 0.127 e. The van der Waals surface area contributed by atoms with Gasteiger partial charge in [-0.3, -0.25) is 0 Å². The number of ether oxygens (including phenoxy) is 2. The third kappa shape index (κ3) is 4.10. The highest BCUT2D eigenvalue weighted by Gasteiger charge is 2.10. The van der Waals surface area contributed by atoms with Crippen LogP contribution >= 0.6 is 0 Å². The Morgan fingerprint density at radius 1 is 0.760 bits per heavy atom. The molecule has 2 N–H and O–H groups in total. The number of anilines is 1. The Balaban J connectivity index is 1.85. The van der Waals surface area contributed by atoms with Crippen LogP contribution < -0.4 is 15.2 Å². The zero-order valence-electron chi connectivity index (χ0n) is 14.5. The molecule has 1 aromatic heterocycles. The van der Waals surface area contributed by atoms with Gasteiger partial charge in [-0.1, -0.05) is 24.3 Å². The Hall–Kier alpha value is -3.01. The van der Waals surface area contributed by atoms with Crippen LogP contribution in [0.25, 0.3) is 0 Å². The normalized spacial score (nSPS) is 10.5. The summed E-state index contributed by atoms with van der Waals surface area (Å²) < 4.78 is 10.4.